The summed E-state index contributed by atoms with van der Waals surface area (Å²) in [6, 6.07) is 6.51. The number of benzene rings is 1. The highest BCUT2D eigenvalue weighted by Crippen LogP contribution is 2.15. The van der Waals surface area contributed by atoms with E-state index in [4.69, 9.17) is 5.73 Å². The van der Waals surface area contributed by atoms with E-state index < -0.39 is 5.91 Å². The van der Waals surface area contributed by atoms with Crippen LogP contribution in [0, 0.1) is 13.8 Å². The Balaban J connectivity index is 1.94. The van der Waals surface area contributed by atoms with Gasteiger partial charge in [-0.25, -0.2) is 0 Å². The third-order valence-corrected chi connectivity index (χ3v) is 3.71. The predicted molar refractivity (Wildman–Crippen MR) is 84.6 cm³/mol. The molecular weight excluding hydrogens is 280 g/mol. The molecular formula is C16H20N4O2. The van der Waals surface area contributed by atoms with Gasteiger partial charge in [-0.05, 0) is 50.1 Å². The second kappa shape index (κ2) is 6.43. The molecule has 2 aromatic rings. The van der Waals surface area contributed by atoms with E-state index in [1.165, 1.54) is 0 Å². The molecule has 6 heteroatoms. The van der Waals surface area contributed by atoms with Crippen LogP contribution in [0.5, 0.6) is 0 Å². The fourth-order valence-electron chi connectivity index (χ4n) is 2.36. The summed E-state index contributed by atoms with van der Waals surface area (Å²) < 4.78 is 1.82. The van der Waals surface area contributed by atoms with Crippen molar-refractivity contribution in [3.63, 3.8) is 0 Å². The van der Waals surface area contributed by atoms with Crippen LogP contribution >= 0.6 is 0 Å². The molecule has 0 spiro atoms. The maximum atomic E-state index is 12.0. The summed E-state index contributed by atoms with van der Waals surface area (Å²) in [6.45, 7) is 3.94. The van der Waals surface area contributed by atoms with E-state index in [1.807, 2.05) is 25.6 Å². The molecule has 2 amide bonds. The van der Waals surface area contributed by atoms with Gasteiger partial charge in [-0.2, -0.15) is 5.10 Å². The van der Waals surface area contributed by atoms with Crippen molar-refractivity contribution in [3.8, 4) is 0 Å². The van der Waals surface area contributed by atoms with Gasteiger partial charge in [-0.3, -0.25) is 14.3 Å². The minimum atomic E-state index is -0.486. The van der Waals surface area contributed by atoms with Crippen molar-refractivity contribution < 1.29 is 9.59 Å². The van der Waals surface area contributed by atoms with Crippen molar-refractivity contribution in [2.75, 3.05) is 5.32 Å². The van der Waals surface area contributed by atoms with Gasteiger partial charge in [0.1, 0.15) is 0 Å². The van der Waals surface area contributed by atoms with E-state index in [-0.39, 0.29) is 5.91 Å². The molecule has 0 radical (unpaired) electrons. The number of anilines is 1. The van der Waals surface area contributed by atoms with Crippen molar-refractivity contribution in [1.82, 2.24) is 9.78 Å². The van der Waals surface area contributed by atoms with Gasteiger partial charge in [0.25, 0.3) is 0 Å². The lowest BCUT2D eigenvalue weighted by molar-refractivity contribution is -0.116. The molecule has 1 aromatic heterocycles. The number of aromatic nitrogens is 2. The Hall–Kier alpha value is -2.63. The number of aryl methyl sites for hydroxylation is 2. The zero-order valence-electron chi connectivity index (χ0n) is 13.0. The maximum Gasteiger partial charge on any atom is 0.248 e. The topological polar surface area (TPSA) is 90.0 Å². The van der Waals surface area contributed by atoms with Gasteiger partial charge in [0.05, 0.1) is 5.69 Å². The predicted octanol–water partition coefficient (Wildman–Crippen LogP) is 1.71. The summed E-state index contributed by atoms with van der Waals surface area (Å²) in [5.41, 5.74) is 9.39. The van der Waals surface area contributed by atoms with Crippen LogP contribution < -0.4 is 11.1 Å². The second-order valence-electron chi connectivity index (χ2n) is 5.26. The summed E-state index contributed by atoms with van der Waals surface area (Å²) in [5, 5.41) is 7.15. The fraction of sp³-hybridized carbons (Fsp3) is 0.312. The highest BCUT2D eigenvalue weighted by Gasteiger charge is 2.11. The minimum Gasteiger partial charge on any atom is -0.366 e. The van der Waals surface area contributed by atoms with Gasteiger partial charge in [0, 0.05) is 30.4 Å². The van der Waals surface area contributed by atoms with Crippen molar-refractivity contribution >= 4 is 17.5 Å². The van der Waals surface area contributed by atoms with E-state index >= 15 is 0 Å². The number of nitrogens with one attached hydrogen (secondary N) is 1. The van der Waals surface area contributed by atoms with E-state index in [0.717, 1.165) is 17.0 Å². The number of carbonyl (C=O) groups excluding carboxylic acids is 2. The molecule has 1 aromatic carbocycles. The largest absolute Gasteiger partial charge is 0.366 e. The molecule has 0 atom stereocenters. The molecule has 0 unspecified atom stereocenters. The summed E-state index contributed by atoms with van der Waals surface area (Å²) >= 11 is 0. The number of amides is 2. The Morgan fingerprint density at radius 1 is 1.23 bits per heavy atom. The number of rotatable bonds is 5. The highest BCUT2D eigenvalue weighted by atomic mass is 16.1. The molecule has 0 aliphatic rings. The first kappa shape index (κ1) is 15.8. The normalized spacial score (nSPS) is 10.5. The van der Waals surface area contributed by atoms with Crippen molar-refractivity contribution in [2.24, 2.45) is 12.8 Å². The molecule has 116 valence electrons. The maximum absolute atomic E-state index is 12.0. The Morgan fingerprint density at radius 2 is 1.86 bits per heavy atom. The van der Waals surface area contributed by atoms with Gasteiger partial charge in [-0.1, -0.05) is 0 Å². The molecule has 0 bridgehead atoms. The third kappa shape index (κ3) is 3.52. The molecule has 3 N–H and O–H groups in total. The number of primary amides is 1. The Labute approximate surface area is 129 Å². The SMILES string of the molecule is Cc1nn(C)c(C)c1CCC(=O)Nc1ccc(C(N)=O)cc1. The molecule has 22 heavy (non-hydrogen) atoms. The fourth-order valence-corrected chi connectivity index (χ4v) is 2.36. The zero-order valence-corrected chi connectivity index (χ0v) is 13.0. The van der Waals surface area contributed by atoms with Gasteiger partial charge in [-0.15, -0.1) is 0 Å². The van der Waals surface area contributed by atoms with Crippen LogP contribution in [0.3, 0.4) is 0 Å². The number of hydrogen-bond donors (Lipinski definition) is 2. The average molecular weight is 300 g/mol. The van der Waals surface area contributed by atoms with E-state index in [1.54, 1.807) is 24.3 Å². The van der Waals surface area contributed by atoms with Crippen molar-refractivity contribution in [2.45, 2.75) is 26.7 Å². The molecule has 6 nitrogen and oxygen atoms in total. The Morgan fingerprint density at radius 3 is 2.36 bits per heavy atom. The van der Waals surface area contributed by atoms with Gasteiger partial charge < -0.3 is 11.1 Å². The van der Waals surface area contributed by atoms with Crippen molar-refractivity contribution in [1.29, 1.82) is 0 Å². The zero-order chi connectivity index (χ0) is 16.3. The van der Waals surface area contributed by atoms with E-state index in [0.29, 0.717) is 24.1 Å². The molecule has 0 fully saturated rings. The molecule has 0 saturated carbocycles. The first-order valence-corrected chi connectivity index (χ1v) is 7.07. The molecule has 0 saturated heterocycles. The lowest BCUT2D eigenvalue weighted by atomic mass is 10.1. The van der Waals surface area contributed by atoms with Crippen LogP contribution in [0.1, 0.15) is 33.7 Å². The highest BCUT2D eigenvalue weighted by molar-refractivity contribution is 5.94. The standard InChI is InChI=1S/C16H20N4O2/c1-10-14(11(2)20(3)19-10)8-9-15(21)18-13-6-4-12(5-7-13)16(17)22/h4-7H,8-9H2,1-3H3,(H2,17,22)(H,18,21). The first-order chi connectivity index (χ1) is 10.4. The number of carbonyl (C=O) groups is 2. The van der Waals surface area contributed by atoms with Crippen LogP contribution in [0.25, 0.3) is 0 Å². The summed E-state index contributed by atoms with van der Waals surface area (Å²) in [5.74, 6) is -0.560. The number of nitrogens with zero attached hydrogens (tertiary/aromatic N) is 2. The molecule has 0 aliphatic carbocycles. The van der Waals surface area contributed by atoms with Crippen LogP contribution in [0.15, 0.2) is 24.3 Å². The summed E-state index contributed by atoms with van der Waals surface area (Å²) in [4.78, 5) is 23.0. The summed E-state index contributed by atoms with van der Waals surface area (Å²) in [6.07, 6.45) is 1.03. The van der Waals surface area contributed by atoms with E-state index in [2.05, 4.69) is 10.4 Å². The minimum absolute atomic E-state index is 0.0746. The third-order valence-electron chi connectivity index (χ3n) is 3.71. The van der Waals surface area contributed by atoms with Crippen LogP contribution in [-0.2, 0) is 18.3 Å². The van der Waals surface area contributed by atoms with Crippen LogP contribution in [0.4, 0.5) is 5.69 Å². The molecule has 0 aliphatic heterocycles. The first-order valence-electron chi connectivity index (χ1n) is 7.07. The lowest BCUT2D eigenvalue weighted by Gasteiger charge is -2.06. The van der Waals surface area contributed by atoms with Crippen LogP contribution in [-0.4, -0.2) is 21.6 Å². The Bertz CT molecular complexity index is 702. The quantitative estimate of drug-likeness (QED) is 0.880. The molecule has 2 rings (SSSR count). The molecule has 1 heterocycles. The monoisotopic (exact) mass is 300 g/mol. The summed E-state index contributed by atoms with van der Waals surface area (Å²) in [7, 11) is 1.90. The number of hydrogen-bond acceptors (Lipinski definition) is 3. The smallest absolute Gasteiger partial charge is 0.248 e. The van der Waals surface area contributed by atoms with Crippen molar-refractivity contribution in [3.05, 3.63) is 46.8 Å². The van der Waals surface area contributed by atoms with Gasteiger partial charge in [0.15, 0.2) is 0 Å². The van der Waals surface area contributed by atoms with Gasteiger partial charge >= 0.3 is 0 Å². The average Bonchev–Trinajstić information content (AvgIpc) is 2.70. The van der Waals surface area contributed by atoms with Crippen LogP contribution in [0.2, 0.25) is 0 Å². The lowest BCUT2D eigenvalue weighted by Crippen LogP contribution is -2.14. The van der Waals surface area contributed by atoms with Gasteiger partial charge in [0.2, 0.25) is 11.8 Å². The van der Waals surface area contributed by atoms with E-state index in [9.17, 15) is 9.59 Å². The number of nitrogens with two attached hydrogens (primary N) is 1. The second-order valence-corrected chi connectivity index (χ2v) is 5.26. The Kier molecular flexibility index (Phi) is 4.60.